The zero-order valence-electron chi connectivity index (χ0n) is 11.5. The molecular weight excluding hydrogens is 242 g/mol. The number of nitrogens with one attached hydrogen (secondary N) is 1. The van der Waals surface area contributed by atoms with Crippen LogP contribution in [0.1, 0.15) is 17.4 Å². The van der Waals surface area contributed by atoms with Crippen LogP contribution in [0.2, 0.25) is 0 Å². The van der Waals surface area contributed by atoms with E-state index in [1.54, 1.807) is 20.5 Å². The molecule has 1 N–H and O–H groups in total. The molecule has 0 spiro atoms. The van der Waals surface area contributed by atoms with Gasteiger partial charge in [0, 0.05) is 12.5 Å². The van der Waals surface area contributed by atoms with Gasteiger partial charge in [-0.15, -0.1) is 0 Å². The summed E-state index contributed by atoms with van der Waals surface area (Å²) in [5, 5.41) is 3.29. The minimum absolute atomic E-state index is 0.0669. The standard InChI is InChI=1S/C15H19NO3/c1-16-12(10-11-6-5-9-19-11)15-13(17-2)7-4-8-14(15)18-3/h4-9,12,16H,10H2,1-3H3. The van der Waals surface area contributed by atoms with Crippen molar-refractivity contribution < 1.29 is 13.9 Å². The molecule has 0 aliphatic carbocycles. The highest BCUT2D eigenvalue weighted by Gasteiger charge is 2.20. The highest BCUT2D eigenvalue weighted by atomic mass is 16.5. The molecule has 0 amide bonds. The van der Waals surface area contributed by atoms with Gasteiger partial charge in [0.25, 0.3) is 0 Å². The predicted octanol–water partition coefficient (Wildman–Crippen LogP) is 2.80. The summed E-state index contributed by atoms with van der Waals surface area (Å²) < 4.78 is 16.3. The van der Waals surface area contributed by atoms with Gasteiger partial charge in [0.2, 0.25) is 0 Å². The zero-order chi connectivity index (χ0) is 13.7. The van der Waals surface area contributed by atoms with Crippen molar-refractivity contribution in [3.8, 4) is 11.5 Å². The van der Waals surface area contributed by atoms with Crippen LogP contribution in [0.5, 0.6) is 11.5 Å². The Kier molecular flexibility index (Phi) is 4.47. The van der Waals surface area contributed by atoms with Gasteiger partial charge >= 0.3 is 0 Å². The molecule has 0 aliphatic rings. The largest absolute Gasteiger partial charge is 0.496 e. The number of hydrogen-bond donors (Lipinski definition) is 1. The topological polar surface area (TPSA) is 43.6 Å². The van der Waals surface area contributed by atoms with Gasteiger partial charge in [-0.05, 0) is 31.3 Å². The number of rotatable bonds is 6. The third kappa shape index (κ3) is 2.90. The van der Waals surface area contributed by atoms with Crippen LogP contribution < -0.4 is 14.8 Å². The van der Waals surface area contributed by atoms with Crippen molar-refractivity contribution in [3.05, 3.63) is 47.9 Å². The fraction of sp³-hybridized carbons (Fsp3) is 0.333. The normalized spacial score (nSPS) is 12.2. The van der Waals surface area contributed by atoms with Crippen LogP contribution in [0.3, 0.4) is 0 Å². The summed E-state index contributed by atoms with van der Waals surface area (Å²) in [5.74, 6) is 2.54. The number of ether oxygens (including phenoxy) is 2. The van der Waals surface area contributed by atoms with E-state index in [0.717, 1.165) is 29.2 Å². The molecule has 1 aromatic heterocycles. The van der Waals surface area contributed by atoms with E-state index in [1.165, 1.54) is 0 Å². The van der Waals surface area contributed by atoms with E-state index in [1.807, 2.05) is 37.4 Å². The van der Waals surface area contributed by atoms with Crippen LogP contribution in [0.15, 0.2) is 41.0 Å². The van der Waals surface area contributed by atoms with E-state index in [9.17, 15) is 0 Å². The van der Waals surface area contributed by atoms with E-state index in [4.69, 9.17) is 13.9 Å². The molecule has 0 saturated heterocycles. The van der Waals surface area contributed by atoms with E-state index >= 15 is 0 Å². The Labute approximate surface area is 113 Å². The van der Waals surface area contributed by atoms with E-state index in [0.29, 0.717) is 0 Å². The van der Waals surface area contributed by atoms with Crippen molar-refractivity contribution in [3.63, 3.8) is 0 Å². The average Bonchev–Trinajstić information content (AvgIpc) is 2.97. The number of hydrogen-bond acceptors (Lipinski definition) is 4. The molecule has 2 aromatic rings. The lowest BCUT2D eigenvalue weighted by atomic mass is 10.00. The quantitative estimate of drug-likeness (QED) is 0.868. The van der Waals surface area contributed by atoms with Gasteiger partial charge in [0.1, 0.15) is 17.3 Å². The fourth-order valence-electron chi connectivity index (χ4n) is 2.20. The fourth-order valence-corrected chi connectivity index (χ4v) is 2.20. The van der Waals surface area contributed by atoms with Crippen LogP contribution in [-0.4, -0.2) is 21.3 Å². The van der Waals surface area contributed by atoms with Crippen LogP contribution in [-0.2, 0) is 6.42 Å². The molecule has 4 nitrogen and oxygen atoms in total. The molecule has 2 rings (SSSR count). The number of likely N-dealkylation sites (N-methyl/N-ethyl adjacent to an activating group) is 1. The van der Waals surface area contributed by atoms with Gasteiger partial charge in [-0.1, -0.05) is 6.07 Å². The van der Waals surface area contributed by atoms with E-state index < -0.39 is 0 Å². The summed E-state index contributed by atoms with van der Waals surface area (Å²) in [6, 6.07) is 9.71. The molecule has 1 atom stereocenters. The smallest absolute Gasteiger partial charge is 0.127 e. The van der Waals surface area contributed by atoms with E-state index in [-0.39, 0.29) is 6.04 Å². The second-order valence-electron chi connectivity index (χ2n) is 4.20. The van der Waals surface area contributed by atoms with Gasteiger partial charge in [0.05, 0.1) is 26.0 Å². The summed E-state index contributed by atoms with van der Waals surface area (Å²) in [6.07, 6.45) is 2.42. The molecule has 1 unspecified atom stereocenters. The Morgan fingerprint density at radius 1 is 1.11 bits per heavy atom. The lowest BCUT2D eigenvalue weighted by Gasteiger charge is -2.21. The van der Waals surface area contributed by atoms with Crippen LogP contribution in [0.4, 0.5) is 0 Å². The second kappa shape index (κ2) is 6.29. The lowest BCUT2D eigenvalue weighted by Crippen LogP contribution is -2.20. The molecular formula is C15H19NO3. The molecule has 0 radical (unpaired) electrons. The summed E-state index contributed by atoms with van der Waals surface area (Å²) in [4.78, 5) is 0. The second-order valence-corrected chi connectivity index (χ2v) is 4.20. The molecule has 102 valence electrons. The summed E-state index contributed by atoms with van der Waals surface area (Å²) >= 11 is 0. The minimum atomic E-state index is 0.0669. The first-order chi connectivity index (χ1) is 9.30. The molecule has 19 heavy (non-hydrogen) atoms. The molecule has 1 aromatic carbocycles. The SMILES string of the molecule is CNC(Cc1ccco1)c1c(OC)cccc1OC. The van der Waals surface area contributed by atoms with Crippen molar-refractivity contribution in [2.75, 3.05) is 21.3 Å². The Morgan fingerprint density at radius 3 is 2.26 bits per heavy atom. The number of benzene rings is 1. The first-order valence-electron chi connectivity index (χ1n) is 6.20. The maximum atomic E-state index is 5.44. The molecule has 1 heterocycles. The third-order valence-electron chi connectivity index (χ3n) is 3.15. The average molecular weight is 261 g/mol. The van der Waals surface area contributed by atoms with Crippen molar-refractivity contribution in [1.29, 1.82) is 0 Å². The lowest BCUT2D eigenvalue weighted by molar-refractivity contribution is 0.368. The molecule has 0 aliphatic heterocycles. The van der Waals surface area contributed by atoms with Gasteiger partial charge < -0.3 is 19.2 Å². The maximum Gasteiger partial charge on any atom is 0.127 e. The number of methoxy groups -OCH3 is 2. The first-order valence-corrected chi connectivity index (χ1v) is 6.20. The summed E-state index contributed by atoms with van der Waals surface area (Å²) in [5.41, 5.74) is 1.01. The molecule has 0 fully saturated rings. The Bertz CT molecular complexity index is 486. The molecule has 0 bridgehead atoms. The Balaban J connectivity index is 2.36. The summed E-state index contributed by atoms with van der Waals surface area (Å²) in [6.45, 7) is 0. The van der Waals surface area contributed by atoms with Gasteiger partial charge in [-0.3, -0.25) is 0 Å². The monoisotopic (exact) mass is 261 g/mol. The summed E-state index contributed by atoms with van der Waals surface area (Å²) in [7, 11) is 5.25. The maximum absolute atomic E-state index is 5.44. The van der Waals surface area contributed by atoms with Crippen molar-refractivity contribution in [2.24, 2.45) is 0 Å². The Morgan fingerprint density at radius 2 is 1.79 bits per heavy atom. The van der Waals surface area contributed by atoms with Gasteiger partial charge in [-0.2, -0.15) is 0 Å². The Hall–Kier alpha value is -1.94. The first kappa shape index (κ1) is 13.5. The van der Waals surface area contributed by atoms with Crippen LogP contribution in [0.25, 0.3) is 0 Å². The highest BCUT2D eigenvalue weighted by molar-refractivity contribution is 5.47. The van der Waals surface area contributed by atoms with Crippen LogP contribution >= 0.6 is 0 Å². The third-order valence-corrected chi connectivity index (χ3v) is 3.15. The molecule has 4 heteroatoms. The van der Waals surface area contributed by atoms with Gasteiger partial charge in [0.15, 0.2) is 0 Å². The van der Waals surface area contributed by atoms with Crippen LogP contribution in [0, 0.1) is 0 Å². The minimum Gasteiger partial charge on any atom is -0.496 e. The van der Waals surface area contributed by atoms with Gasteiger partial charge in [-0.25, -0.2) is 0 Å². The van der Waals surface area contributed by atoms with E-state index in [2.05, 4.69) is 5.32 Å². The van der Waals surface area contributed by atoms with Crippen molar-refractivity contribution in [1.82, 2.24) is 5.32 Å². The highest BCUT2D eigenvalue weighted by Crippen LogP contribution is 2.35. The van der Waals surface area contributed by atoms with Crippen molar-refractivity contribution >= 4 is 0 Å². The molecule has 0 saturated carbocycles. The van der Waals surface area contributed by atoms with Crippen molar-refractivity contribution in [2.45, 2.75) is 12.5 Å². The predicted molar refractivity (Wildman–Crippen MR) is 73.8 cm³/mol. The zero-order valence-corrected chi connectivity index (χ0v) is 11.5. The number of furan rings is 1.